The Bertz CT molecular complexity index is 609. The first kappa shape index (κ1) is 14.9. The third-order valence-corrected chi connectivity index (χ3v) is 3.98. The fraction of sp³-hybridized carbons (Fsp3) is 0.333. The number of rotatable bonds is 5. The zero-order chi connectivity index (χ0) is 15.4. The molecule has 2 aromatic rings. The average molecular weight is 301 g/mol. The predicted octanol–water partition coefficient (Wildman–Crippen LogP) is 3.54. The molecule has 1 fully saturated rings. The Labute approximate surface area is 130 Å². The summed E-state index contributed by atoms with van der Waals surface area (Å²) in [4.78, 5) is 2.35. The summed E-state index contributed by atoms with van der Waals surface area (Å²) in [7, 11) is 0. The van der Waals surface area contributed by atoms with Crippen molar-refractivity contribution in [3.8, 4) is 5.75 Å². The molecule has 1 atom stereocenters. The van der Waals surface area contributed by atoms with Gasteiger partial charge in [-0.05, 0) is 43.2 Å². The van der Waals surface area contributed by atoms with Crippen LogP contribution in [0.3, 0.4) is 0 Å². The van der Waals surface area contributed by atoms with Crippen LogP contribution in [0, 0.1) is 5.82 Å². The van der Waals surface area contributed by atoms with Crippen LogP contribution < -0.4 is 9.64 Å². The second-order valence-corrected chi connectivity index (χ2v) is 5.54. The summed E-state index contributed by atoms with van der Waals surface area (Å²) < 4.78 is 19.1. The SMILES string of the molecule is OC(COc1ccc(N2CCCC2)cc1)c1ccccc1F. The van der Waals surface area contributed by atoms with Gasteiger partial charge in [-0.1, -0.05) is 18.2 Å². The van der Waals surface area contributed by atoms with Crippen molar-refractivity contribution in [2.45, 2.75) is 18.9 Å². The number of hydrogen-bond donors (Lipinski definition) is 1. The van der Waals surface area contributed by atoms with Crippen molar-refractivity contribution >= 4 is 5.69 Å². The maximum Gasteiger partial charge on any atom is 0.129 e. The molecule has 3 rings (SSSR count). The van der Waals surface area contributed by atoms with Gasteiger partial charge >= 0.3 is 0 Å². The van der Waals surface area contributed by atoms with Crippen LogP contribution in [0.4, 0.5) is 10.1 Å². The fourth-order valence-electron chi connectivity index (χ4n) is 2.74. The number of benzene rings is 2. The Morgan fingerprint density at radius 2 is 1.73 bits per heavy atom. The van der Waals surface area contributed by atoms with Crippen LogP contribution in [0.15, 0.2) is 48.5 Å². The van der Waals surface area contributed by atoms with E-state index in [4.69, 9.17) is 4.74 Å². The van der Waals surface area contributed by atoms with Gasteiger partial charge in [-0.3, -0.25) is 0 Å². The molecule has 1 heterocycles. The first-order chi connectivity index (χ1) is 10.7. The van der Waals surface area contributed by atoms with Gasteiger partial charge in [0.15, 0.2) is 0 Å². The van der Waals surface area contributed by atoms with Crippen LogP contribution in [0.25, 0.3) is 0 Å². The normalized spacial score (nSPS) is 15.8. The van der Waals surface area contributed by atoms with Crippen molar-refractivity contribution in [1.82, 2.24) is 0 Å². The highest BCUT2D eigenvalue weighted by Crippen LogP contribution is 2.24. The highest BCUT2D eigenvalue weighted by Gasteiger charge is 2.14. The lowest BCUT2D eigenvalue weighted by Crippen LogP contribution is -2.17. The molecule has 1 unspecified atom stereocenters. The summed E-state index contributed by atoms with van der Waals surface area (Å²) in [6.45, 7) is 2.24. The second kappa shape index (κ2) is 6.79. The third kappa shape index (κ3) is 3.39. The smallest absolute Gasteiger partial charge is 0.129 e. The van der Waals surface area contributed by atoms with E-state index in [1.54, 1.807) is 18.2 Å². The van der Waals surface area contributed by atoms with Crippen LogP contribution >= 0.6 is 0 Å². The topological polar surface area (TPSA) is 32.7 Å². The Kier molecular flexibility index (Phi) is 4.59. The monoisotopic (exact) mass is 301 g/mol. The van der Waals surface area contributed by atoms with E-state index >= 15 is 0 Å². The first-order valence-electron chi connectivity index (χ1n) is 7.64. The minimum Gasteiger partial charge on any atom is -0.491 e. The predicted molar refractivity (Wildman–Crippen MR) is 84.7 cm³/mol. The number of nitrogens with zero attached hydrogens (tertiary/aromatic N) is 1. The van der Waals surface area contributed by atoms with Gasteiger partial charge in [0, 0.05) is 24.3 Å². The van der Waals surface area contributed by atoms with Crippen molar-refractivity contribution in [3.05, 3.63) is 59.9 Å². The van der Waals surface area contributed by atoms with Crippen molar-refractivity contribution < 1.29 is 14.2 Å². The van der Waals surface area contributed by atoms with Crippen LogP contribution in [0.2, 0.25) is 0 Å². The highest BCUT2D eigenvalue weighted by atomic mass is 19.1. The van der Waals surface area contributed by atoms with Crippen molar-refractivity contribution in [2.24, 2.45) is 0 Å². The lowest BCUT2D eigenvalue weighted by Gasteiger charge is -2.18. The standard InChI is InChI=1S/C18H20FNO2/c19-17-6-2-1-5-16(17)18(21)13-22-15-9-7-14(8-10-15)20-11-3-4-12-20/h1-2,5-10,18,21H,3-4,11-13H2. The van der Waals surface area contributed by atoms with E-state index in [9.17, 15) is 9.50 Å². The van der Waals surface area contributed by atoms with Crippen molar-refractivity contribution in [2.75, 3.05) is 24.6 Å². The zero-order valence-electron chi connectivity index (χ0n) is 12.4. The third-order valence-electron chi connectivity index (χ3n) is 3.98. The molecule has 0 aliphatic carbocycles. The summed E-state index contributed by atoms with van der Waals surface area (Å²) in [6.07, 6.45) is 1.51. The van der Waals surface area contributed by atoms with Gasteiger partial charge in [0.05, 0.1) is 0 Å². The number of aliphatic hydroxyl groups excluding tert-OH is 1. The van der Waals surface area contributed by atoms with Crippen LogP contribution in [-0.2, 0) is 0 Å². The molecule has 0 spiro atoms. The number of anilines is 1. The second-order valence-electron chi connectivity index (χ2n) is 5.54. The Hall–Kier alpha value is -2.07. The van der Waals surface area contributed by atoms with Crippen molar-refractivity contribution in [1.29, 1.82) is 0 Å². The zero-order valence-corrected chi connectivity index (χ0v) is 12.4. The van der Waals surface area contributed by atoms with Gasteiger partial charge in [0.25, 0.3) is 0 Å². The Balaban J connectivity index is 1.58. The number of hydrogen-bond acceptors (Lipinski definition) is 3. The van der Waals surface area contributed by atoms with Gasteiger partial charge in [-0.15, -0.1) is 0 Å². The molecule has 4 heteroatoms. The summed E-state index contributed by atoms with van der Waals surface area (Å²) >= 11 is 0. The van der Waals surface area contributed by atoms with Crippen LogP contribution in [0.1, 0.15) is 24.5 Å². The summed E-state index contributed by atoms with van der Waals surface area (Å²) in [5.74, 6) is 0.265. The van der Waals surface area contributed by atoms with Crippen LogP contribution in [-0.4, -0.2) is 24.8 Å². The van der Waals surface area contributed by atoms with Gasteiger partial charge in [0.1, 0.15) is 24.3 Å². The molecule has 1 saturated heterocycles. The van der Waals surface area contributed by atoms with Crippen LogP contribution in [0.5, 0.6) is 5.75 Å². The molecule has 3 nitrogen and oxygen atoms in total. The summed E-state index contributed by atoms with van der Waals surface area (Å²) in [5, 5.41) is 10.0. The molecule has 1 N–H and O–H groups in total. The van der Waals surface area contributed by atoms with E-state index in [0.717, 1.165) is 13.1 Å². The van der Waals surface area contributed by atoms with Gasteiger partial charge in [-0.25, -0.2) is 4.39 Å². The molecule has 0 aromatic heterocycles. The maximum atomic E-state index is 13.6. The van der Waals surface area contributed by atoms with E-state index in [0.29, 0.717) is 5.75 Å². The summed E-state index contributed by atoms with van der Waals surface area (Å²) in [6, 6.07) is 14.0. The highest BCUT2D eigenvalue weighted by molar-refractivity contribution is 5.49. The van der Waals surface area contributed by atoms with E-state index < -0.39 is 11.9 Å². The molecular formula is C18H20FNO2. The van der Waals surface area contributed by atoms with E-state index in [1.807, 2.05) is 24.3 Å². The first-order valence-corrected chi connectivity index (χ1v) is 7.64. The Morgan fingerprint density at radius 3 is 2.41 bits per heavy atom. The lowest BCUT2D eigenvalue weighted by molar-refractivity contribution is 0.105. The number of halogens is 1. The largest absolute Gasteiger partial charge is 0.491 e. The molecule has 2 aromatic carbocycles. The quantitative estimate of drug-likeness (QED) is 0.917. The molecule has 116 valence electrons. The lowest BCUT2D eigenvalue weighted by atomic mass is 10.1. The van der Waals surface area contributed by atoms with E-state index in [2.05, 4.69) is 4.90 Å². The van der Waals surface area contributed by atoms with E-state index in [1.165, 1.54) is 24.6 Å². The average Bonchev–Trinajstić information content (AvgIpc) is 3.08. The molecule has 22 heavy (non-hydrogen) atoms. The molecule has 0 saturated carbocycles. The number of ether oxygens (including phenoxy) is 1. The number of aliphatic hydroxyl groups is 1. The van der Waals surface area contributed by atoms with Gasteiger partial charge < -0.3 is 14.7 Å². The molecule has 1 aliphatic heterocycles. The minimum atomic E-state index is -0.973. The van der Waals surface area contributed by atoms with Gasteiger partial charge in [0.2, 0.25) is 0 Å². The molecule has 0 radical (unpaired) electrons. The molecular weight excluding hydrogens is 281 g/mol. The minimum absolute atomic E-state index is 0.0317. The molecule has 0 amide bonds. The van der Waals surface area contributed by atoms with E-state index in [-0.39, 0.29) is 12.2 Å². The summed E-state index contributed by atoms with van der Waals surface area (Å²) in [5.41, 5.74) is 1.45. The maximum absolute atomic E-state index is 13.6. The molecule has 0 bridgehead atoms. The molecule has 1 aliphatic rings. The Morgan fingerprint density at radius 1 is 1.05 bits per heavy atom. The fourth-order valence-corrected chi connectivity index (χ4v) is 2.74. The van der Waals surface area contributed by atoms with Crippen molar-refractivity contribution in [3.63, 3.8) is 0 Å². The van der Waals surface area contributed by atoms with Gasteiger partial charge in [-0.2, -0.15) is 0 Å².